The van der Waals surface area contributed by atoms with E-state index in [1.54, 1.807) is 49.5 Å². The van der Waals surface area contributed by atoms with Crippen LogP contribution in [0.3, 0.4) is 0 Å². The topological polar surface area (TPSA) is 96.1 Å². The van der Waals surface area contributed by atoms with E-state index < -0.39 is 54.3 Å². The molecular weight excluding hydrogens is 463 g/mol. The number of halogens is 3. The molecule has 10 heteroatoms. The zero-order valence-electron chi connectivity index (χ0n) is 18.6. The molecule has 2 heterocycles. The monoisotopic (exact) mass is 485 g/mol. The van der Waals surface area contributed by atoms with Gasteiger partial charge in [-0.25, -0.2) is 18.2 Å². The Kier molecular flexibility index (Phi) is 6.77. The highest BCUT2D eigenvalue weighted by Crippen LogP contribution is 2.26. The van der Waals surface area contributed by atoms with Gasteiger partial charge in [-0.2, -0.15) is 0 Å². The van der Waals surface area contributed by atoms with Crippen LogP contribution in [0.4, 0.5) is 13.2 Å². The number of nitrogens with zero attached hydrogens (tertiary/aromatic N) is 2. The molecule has 0 fully saturated rings. The third-order valence-electron chi connectivity index (χ3n) is 5.73. The van der Waals surface area contributed by atoms with Crippen molar-refractivity contribution in [2.24, 2.45) is 0 Å². The highest BCUT2D eigenvalue weighted by molar-refractivity contribution is 5.95. The number of carbonyl (C=O) groups excluding carboxylic acids is 1. The van der Waals surface area contributed by atoms with Crippen LogP contribution >= 0.6 is 0 Å². The Balaban J connectivity index is 1.67. The number of ether oxygens (including phenoxy) is 1. The maximum Gasteiger partial charge on any atom is 0.271 e. The van der Waals surface area contributed by atoms with Crippen molar-refractivity contribution in [3.05, 3.63) is 101 Å². The molecule has 182 valence electrons. The largest absolute Gasteiger partial charge is 0.485 e. The second-order valence-corrected chi connectivity index (χ2v) is 7.94. The molecule has 35 heavy (non-hydrogen) atoms. The summed E-state index contributed by atoms with van der Waals surface area (Å²) in [7, 11) is 0. The molecule has 0 saturated heterocycles. The van der Waals surface area contributed by atoms with Gasteiger partial charge in [-0.1, -0.05) is 30.3 Å². The minimum absolute atomic E-state index is 0.107. The molecule has 0 aliphatic carbocycles. The number of amides is 1. The Labute approximate surface area is 198 Å². The third-order valence-corrected chi connectivity index (χ3v) is 5.73. The van der Waals surface area contributed by atoms with Crippen molar-refractivity contribution in [2.45, 2.75) is 19.1 Å². The average Bonchev–Trinajstić information content (AvgIpc) is 3.22. The molecule has 0 bridgehead atoms. The second kappa shape index (κ2) is 9.77. The van der Waals surface area contributed by atoms with Gasteiger partial charge < -0.3 is 20.3 Å². The van der Waals surface area contributed by atoms with Gasteiger partial charge in [-0.3, -0.25) is 9.20 Å². The summed E-state index contributed by atoms with van der Waals surface area (Å²) in [6.07, 6.45) is 1.54. The van der Waals surface area contributed by atoms with E-state index in [4.69, 9.17) is 4.74 Å². The molecule has 4 rings (SSSR count). The van der Waals surface area contributed by atoms with Crippen LogP contribution in [0.2, 0.25) is 0 Å². The number of rotatable bonds is 8. The summed E-state index contributed by atoms with van der Waals surface area (Å²) in [6, 6.07) is 13.1. The first-order chi connectivity index (χ1) is 16.8. The van der Waals surface area contributed by atoms with E-state index in [2.05, 4.69) is 10.3 Å². The van der Waals surface area contributed by atoms with Crippen LogP contribution in [0.25, 0.3) is 5.65 Å². The lowest BCUT2D eigenvalue weighted by Crippen LogP contribution is -2.51. The molecule has 2 aromatic heterocycles. The number of imidazole rings is 1. The maximum absolute atomic E-state index is 14.0. The number of aliphatic hydroxyl groups is 2. The van der Waals surface area contributed by atoms with Crippen LogP contribution in [0.15, 0.2) is 60.8 Å². The predicted molar refractivity (Wildman–Crippen MR) is 120 cm³/mol. The number of aliphatic hydroxyl groups excluding tert-OH is 2. The highest BCUT2D eigenvalue weighted by Gasteiger charge is 2.34. The molecule has 3 N–H and O–H groups in total. The molecular formula is C25H22F3N3O4. The van der Waals surface area contributed by atoms with E-state index in [1.807, 2.05) is 0 Å². The Morgan fingerprint density at radius 1 is 1.03 bits per heavy atom. The number of carbonyl (C=O) groups is 1. The summed E-state index contributed by atoms with van der Waals surface area (Å²) in [6.45, 7) is -0.142. The number of aryl methyl sites for hydroxylation is 1. The van der Waals surface area contributed by atoms with Crippen LogP contribution in [-0.2, 0) is 12.1 Å². The summed E-state index contributed by atoms with van der Waals surface area (Å²) in [4.78, 5) is 17.6. The zero-order valence-corrected chi connectivity index (χ0v) is 18.6. The molecule has 4 aromatic rings. The standard InChI is InChI=1S/C25H22F3N3O4/c1-15-22(24(34)30-25(13-32,14-33)16-6-3-2-4-7-16)31-11-5-8-20(23(31)29-15)35-12-17-18(26)9-10-19(27)21(17)28/h2-11,32-33H,12-14H2,1H3,(H,30,34). The lowest BCUT2D eigenvalue weighted by atomic mass is 9.91. The number of nitrogens with one attached hydrogen (secondary N) is 1. The molecule has 1 amide bonds. The Bertz CT molecular complexity index is 1370. The molecule has 0 aliphatic heterocycles. The maximum atomic E-state index is 14.0. The summed E-state index contributed by atoms with van der Waals surface area (Å²) in [5.41, 5.74) is -0.920. The van der Waals surface area contributed by atoms with Gasteiger partial charge in [0.2, 0.25) is 0 Å². The van der Waals surface area contributed by atoms with Gasteiger partial charge in [-0.05, 0) is 36.8 Å². The van der Waals surface area contributed by atoms with Gasteiger partial charge in [0.25, 0.3) is 5.91 Å². The molecule has 0 atom stereocenters. The van der Waals surface area contributed by atoms with Gasteiger partial charge in [0.15, 0.2) is 23.0 Å². The molecule has 7 nitrogen and oxygen atoms in total. The summed E-state index contributed by atoms with van der Waals surface area (Å²) < 4.78 is 48.5. The fourth-order valence-electron chi connectivity index (χ4n) is 3.81. The Morgan fingerprint density at radius 2 is 1.71 bits per heavy atom. The minimum atomic E-state index is -1.45. The average molecular weight is 485 g/mol. The lowest BCUT2D eigenvalue weighted by molar-refractivity contribution is 0.0652. The Morgan fingerprint density at radius 3 is 2.40 bits per heavy atom. The SMILES string of the molecule is Cc1nc2c(OCc3c(F)ccc(F)c3F)cccn2c1C(=O)NC(CO)(CO)c1ccccc1. The van der Waals surface area contributed by atoms with Gasteiger partial charge in [-0.15, -0.1) is 0 Å². The molecule has 2 aromatic carbocycles. The number of benzene rings is 2. The van der Waals surface area contributed by atoms with Crippen LogP contribution in [-0.4, -0.2) is 38.7 Å². The predicted octanol–water partition coefficient (Wildman–Crippen LogP) is 3.25. The first-order valence-electron chi connectivity index (χ1n) is 10.6. The number of fused-ring (bicyclic) bond motifs is 1. The van der Waals surface area contributed by atoms with E-state index in [9.17, 15) is 28.2 Å². The smallest absolute Gasteiger partial charge is 0.271 e. The van der Waals surface area contributed by atoms with Crippen molar-refractivity contribution < 1.29 is 32.9 Å². The molecule has 0 spiro atoms. The number of hydrogen-bond donors (Lipinski definition) is 3. The normalized spacial score (nSPS) is 11.6. The van der Waals surface area contributed by atoms with E-state index >= 15 is 0 Å². The first-order valence-corrected chi connectivity index (χ1v) is 10.6. The third kappa shape index (κ3) is 4.45. The van der Waals surface area contributed by atoms with Crippen LogP contribution in [0.5, 0.6) is 5.75 Å². The molecule has 0 unspecified atom stereocenters. The highest BCUT2D eigenvalue weighted by atomic mass is 19.2. The molecule has 0 radical (unpaired) electrons. The van der Waals surface area contributed by atoms with Gasteiger partial charge >= 0.3 is 0 Å². The number of aromatic nitrogens is 2. The van der Waals surface area contributed by atoms with E-state index in [0.717, 1.165) is 6.07 Å². The van der Waals surface area contributed by atoms with Crippen molar-refractivity contribution in [1.82, 2.24) is 14.7 Å². The second-order valence-electron chi connectivity index (χ2n) is 7.94. The van der Waals surface area contributed by atoms with Crippen molar-refractivity contribution in [3.63, 3.8) is 0 Å². The minimum Gasteiger partial charge on any atom is -0.485 e. The van der Waals surface area contributed by atoms with Crippen molar-refractivity contribution in [2.75, 3.05) is 13.2 Å². The van der Waals surface area contributed by atoms with Crippen molar-refractivity contribution in [3.8, 4) is 5.75 Å². The lowest BCUT2D eigenvalue weighted by Gasteiger charge is -2.31. The fourth-order valence-corrected chi connectivity index (χ4v) is 3.81. The molecule has 0 aliphatic rings. The fraction of sp³-hybridized carbons (Fsp3) is 0.200. The van der Waals surface area contributed by atoms with Crippen LogP contribution in [0, 0.1) is 24.4 Å². The quantitative estimate of drug-likeness (QED) is 0.333. The van der Waals surface area contributed by atoms with E-state index in [1.165, 1.54) is 10.5 Å². The number of pyridine rings is 1. The van der Waals surface area contributed by atoms with Crippen LogP contribution in [0.1, 0.15) is 27.3 Å². The van der Waals surface area contributed by atoms with Crippen molar-refractivity contribution in [1.29, 1.82) is 0 Å². The van der Waals surface area contributed by atoms with Gasteiger partial charge in [0.05, 0.1) is 24.5 Å². The summed E-state index contributed by atoms with van der Waals surface area (Å²) in [5.74, 6) is -4.02. The van der Waals surface area contributed by atoms with Gasteiger partial charge in [0, 0.05) is 6.20 Å². The summed E-state index contributed by atoms with van der Waals surface area (Å²) >= 11 is 0. The number of hydrogen-bond acceptors (Lipinski definition) is 5. The van der Waals surface area contributed by atoms with E-state index in [0.29, 0.717) is 17.3 Å². The molecule has 0 saturated carbocycles. The summed E-state index contributed by atoms with van der Waals surface area (Å²) in [5, 5.41) is 22.8. The van der Waals surface area contributed by atoms with E-state index in [-0.39, 0.29) is 17.1 Å². The Hall–Kier alpha value is -3.89. The van der Waals surface area contributed by atoms with Crippen LogP contribution < -0.4 is 10.1 Å². The zero-order chi connectivity index (χ0) is 25.2. The first kappa shape index (κ1) is 24.2. The van der Waals surface area contributed by atoms with Crippen molar-refractivity contribution >= 4 is 11.6 Å². The van der Waals surface area contributed by atoms with Gasteiger partial charge in [0.1, 0.15) is 23.7 Å².